The van der Waals surface area contributed by atoms with Crippen LogP contribution in [-0.2, 0) is 0 Å². The molecule has 0 unspecified atom stereocenters. The maximum Gasteiger partial charge on any atom is 0.162 e. The quantitative estimate of drug-likeness (QED) is 0.783. The molecule has 0 aromatic carbocycles. The van der Waals surface area contributed by atoms with Gasteiger partial charge in [0.25, 0.3) is 0 Å². The van der Waals surface area contributed by atoms with Gasteiger partial charge in [-0.25, -0.2) is 0 Å². The summed E-state index contributed by atoms with van der Waals surface area (Å²) in [7, 11) is 0. The van der Waals surface area contributed by atoms with Crippen LogP contribution in [-0.4, -0.2) is 26.1 Å². The second kappa shape index (κ2) is 4.26. The van der Waals surface area contributed by atoms with Crippen molar-refractivity contribution in [1.29, 1.82) is 0 Å². The number of hydrogen-bond acceptors (Lipinski definition) is 3. The Bertz CT molecular complexity index is 505. The van der Waals surface area contributed by atoms with Gasteiger partial charge in [-0.05, 0) is 30.4 Å². The fourth-order valence-corrected chi connectivity index (χ4v) is 3.38. The van der Waals surface area contributed by atoms with Gasteiger partial charge in [0.05, 0.1) is 0 Å². The molecule has 0 spiro atoms. The number of fused-ring (bicyclic) bond motifs is 1. The molecule has 0 saturated carbocycles. The van der Waals surface area contributed by atoms with E-state index < -0.39 is 0 Å². The second-order valence-electron chi connectivity index (χ2n) is 4.02. The maximum absolute atomic E-state index is 5.93. The summed E-state index contributed by atoms with van der Waals surface area (Å²) in [6, 6.07) is 3.74. The Morgan fingerprint density at radius 3 is 2.94 bits per heavy atom. The fourth-order valence-electron chi connectivity index (χ4n) is 2.12. The number of halogens is 1. The molecule has 3 rings (SSSR count). The van der Waals surface area contributed by atoms with Crippen LogP contribution in [0.2, 0.25) is 5.02 Å². The van der Waals surface area contributed by atoms with Crippen LogP contribution in [0.15, 0.2) is 18.3 Å². The lowest BCUT2D eigenvalue weighted by Gasteiger charge is -2.19. The molecule has 16 heavy (non-hydrogen) atoms. The molecule has 0 amide bonds. The normalized spacial score (nSPS) is 18.1. The minimum Gasteiger partial charge on any atom is -0.286 e. The zero-order valence-electron chi connectivity index (χ0n) is 8.77. The number of rotatable bonds is 1. The first-order chi connectivity index (χ1) is 7.84. The van der Waals surface area contributed by atoms with Gasteiger partial charge >= 0.3 is 0 Å². The van der Waals surface area contributed by atoms with Gasteiger partial charge in [-0.1, -0.05) is 11.6 Å². The highest BCUT2D eigenvalue weighted by atomic mass is 35.5. The Labute approximate surface area is 103 Å². The topological polar surface area (TPSA) is 30.2 Å². The van der Waals surface area contributed by atoms with Crippen LogP contribution < -0.4 is 0 Å². The second-order valence-corrected chi connectivity index (χ2v) is 5.68. The molecule has 0 N–H and O–H groups in total. The van der Waals surface area contributed by atoms with Crippen molar-refractivity contribution in [2.75, 3.05) is 11.5 Å². The van der Waals surface area contributed by atoms with E-state index in [0.29, 0.717) is 10.9 Å². The Morgan fingerprint density at radius 2 is 2.12 bits per heavy atom. The third kappa shape index (κ3) is 1.80. The average molecular weight is 254 g/mol. The molecular weight excluding hydrogens is 242 g/mol. The van der Waals surface area contributed by atoms with Crippen LogP contribution in [0, 0.1) is 0 Å². The van der Waals surface area contributed by atoms with Crippen molar-refractivity contribution in [2.45, 2.75) is 18.8 Å². The number of nitrogens with zero attached hydrogens (tertiary/aromatic N) is 3. The Balaban J connectivity index is 2.03. The summed E-state index contributed by atoms with van der Waals surface area (Å²) >= 11 is 7.95. The van der Waals surface area contributed by atoms with Gasteiger partial charge in [0.1, 0.15) is 5.82 Å². The zero-order chi connectivity index (χ0) is 11.0. The van der Waals surface area contributed by atoms with Crippen LogP contribution in [0.3, 0.4) is 0 Å². The van der Waals surface area contributed by atoms with Gasteiger partial charge in [0.15, 0.2) is 5.65 Å². The van der Waals surface area contributed by atoms with Crippen molar-refractivity contribution in [3.63, 3.8) is 0 Å². The lowest BCUT2D eigenvalue weighted by Crippen LogP contribution is -2.11. The van der Waals surface area contributed by atoms with E-state index in [1.165, 1.54) is 24.3 Å². The highest BCUT2D eigenvalue weighted by Gasteiger charge is 2.20. The van der Waals surface area contributed by atoms with Gasteiger partial charge < -0.3 is 0 Å². The highest BCUT2D eigenvalue weighted by molar-refractivity contribution is 7.99. The molecule has 2 aromatic rings. The highest BCUT2D eigenvalue weighted by Crippen LogP contribution is 2.30. The molecule has 3 heterocycles. The molecule has 5 heteroatoms. The predicted octanol–water partition coefficient (Wildman–Crippen LogP) is 2.99. The van der Waals surface area contributed by atoms with E-state index in [1.807, 2.05) is 30.1 Å². The minimum atomic E-state index is 0.553. The summed E-state index contributed by atoms with van der Waals surface area (Å²) < 4.78 is 2.06. The first kappa shape index (κ1) is 10.4. The zero-order valence-corrected chi connectivity index (χ0v) is 10.3. The van der Waals surface area contributed by atoms with Crippen LogP contribution in [0.1, 0.15) is 24.6 Å². The standard InChI is InChI=1S/C11H12ClN3S/c12-9-1-4-15-10(7-9)13-14-11(15)8-2-5-16-6-3-8/h1,4,7-8H,2-3,5-6H2. The summed E-state index contributed by atoms with van der Waals surface area (Å²) in [6.45, 7) is 0. The number of hydrogen-bond donors (Lipinski definition) is 0. The molecule has 3 nitrogen and oxygen atoms in total. The fraction of sp³-hybridized carbons (Fsp3) is 0.455. The maximum atomic E-state index is 5.93. The molecule has 0 aliphatic carbocycles. The summed E-state index contributed by atoms with van der Waals surface area (Å²) in [5, 5.41) is 9.20. The molecule has 0 bridgehead atoms. The number of aromatic nitrogens is 3. The van der Waals surface area contributed by atoms with Gasteiger partial charge in [-0.3, -0.25) is 4.40 Å². The predicted molar refractivity (Wildman–Crippen MR) is 67.3 cm³/mol. The molecular formula is C11H12ClN3S. The van der Waals surface area contributed by atoms with Gasteiger partial charge in [0, 0.05) is 23.2 Å². The third-order valence-corrected chi connectivity index (χ3v) is 4.27. The first-order valence-electron chi connectivity index (χ1n) is 5.42. The van der Waals surface area contributed by atoms with Crippen molar-refractivity contribution in [1.82, 2.24) is 14.6 Å². The van der Waals surface area contributed by atoms with Crippen molar-refractivity contribution in [3.8, 4) is 0 Å². The number of pyridine rings is 1. The Morgan fingerprint density at radius 1 is 1.31 bits per heavy atom. The Hall–Kier alpha value is -0.740. The SMILES string of the molecule is Clc1ccn2c(C3CCSCC3)nnc2c1. The molecule has 0 atom stereocenters. The van der Waals surface area contributed by atoms with Gasteiger partial charge in [-0.2, -0.15) is 11.8 Å². The molecule has 1 saturated heterocycles. The van der Waals surface area contributed by atoms with Gasteiger partial charge in [-0.15, -0.1) is 10.2 Å². The van der Waals surface area contributed by atoms with Crippen molar-refractivity contribution < 1.29 is 0 Å². The molecule has 1 aliphatic heterocycles. The lowest BCUT2D eigenvalue weighted by molar-refractivity contribution is 0.592. The van der Waals surface area contributed by atoms with Crippen molar-refractivity contribution >= 4 is 29.0 Å². The van der Waals surface area contributed by atoms with Crippen LogP contribution in [0.5, 0.6) is 0 Å². The summed E-state index contributed by atoms with van der Waals surface area (Å²) in [5.74, 6) is 4.10. The van der Waals surface area contributed by atoms with Gasteiger partial charge in [0.2, 0.25) is 0 Å². The van der Waals surface area contributed by atoms with E-state index >= 15 is 0 Å². The number of thioether (sulfide) groups is 1. The molecule has 1 aliphatic rings. The van der Waals surface area contributed by atoms with E-state index in [2.05, 4.69) is 14.6 Å². The van der Waals surface area contributed by atoms with E-state index in [4.69, 9.17) is 11.6 Å². The van der Waals surface area contributed by atoms with Crippen molar-refractivity contribution in [2.24, 2.45) is 0 Å². The smallest absolute Gasteiger partial charge is 0.162 e. The van der Waals surface area contributed by atoms with E-state index in [1.54, 1.807) is 0 Å². The largest absolute Gasteiger partial charge is 0.286 e. The van der Waals surface area contributed by atoms with Crippen molar-refractivity contribution in [3.05, 3.63) is 29.2 Å². The van der Waals surface area contributed by atoms with E-state index in [9.17, 15) is 0 Å². The van der Waals surface area contributed by atoms with Crippen LogP contribution in [0.25, 0.3) is 5.65 Å². The molecule has 84 valence electrons. The first-order valence-corrected chi connectivity index (χ1v) is 6.96. The summed E-state index contributed by atoms with van der Waals surface area (Å²) in [5.41, 5.74) is 0.848. The van der Waals surface area contributed by atoms with Crippen LogP contribution >= 0.6 is 23.4 Å². The van der Waals surface area contributed by atoms with Crippen LogP contribution in [0.4, 0.5) is 0 Å². The lowest BCUT2D eigenvalue weighted by atomic mass is 10.0. The molecule has 1 fully saturated rings. The van der Waals surface area contributed by atoms with E-state index in [-0.39, 0.29) is 0 Å². The monoisotopic (exact) mass is 253 g/mol. The van der Waals surface area contributed by atoms with E-state index in [0.717, 1.165) is 11.5 Å². The third-order valence-electron chi connectivity index (χ3n) is 2.98. The summed E-state index contributed by atoms with van der Waals surface area (Å²) in [6.07, 6.45) is 4.37. The molecule has 2 aromatic heterocycles. The summed E-state index contributed by atoms with van der Waals surface area (Å²) in [4.78, 5) is 0. The Kier molecular flexibility index (Phi) is 2.77. The minimum absolute atomic E-state index is 0.553. The molecule has 0 radical (unpaired) electrons. The average Bonchev–Trinajstić information content (AvgIpc) is 2.73.